The van der Waals surface area contributed by atoms with Gasteiger partial charge in [0.15, 0.2) is 0 Å². The van der Waals surface area contributed by atoms with Crippen molar-refractivity contribution in [3.8, 4) is 0 Å². The third kappa shape index (κ3) is 3.31. The fourth-order valence-corrected chi connectivity index (χ4v) is 2.07. The quantitative estimate of drug-likeness (QED) is 0.906. The van der Waals surface area contributed by atoms with Gasteiger partial charge in [0.2, 0.25) is 5.91 Å². The molecule has 0 aliphatic carbocycles. The standard InChI is InChI=1S/C15H13ClF2N2O/c1-8-12(17)5-10(15(19)21)6-13(8)20-7-9-3-2-4-11(16)14(9)18/h2-6,20H,7H2,1H3,(H2,19,21). The molecule has 110 valence electrons. The Labute approximate surface area is 125 Å². The summed E-state index contributed by atoms with van der Waals surface area (Å²) >= 11 is 5.69. The van der Waals surface area contributed by atoms with Gasteiger partial charge in [-0.25, -0.2) is 8.78 Å². The summed E-state index contributed by atoms with van der Waals surface area (Å²) in [5.41, 5.74) is 6.23. The maximum absolute atomic E-state index is 13.8. The van der Waals surface area contributed by atoms with Gasteiger partial charge in [-0.3, -0.25) is 4.79 Å². The number of carbonyl (C=O) groups is 1. The summed E-state index contributed by atoms with van der Waals surface area (Å²) in [5, 5.41) is 2.90. The lowest BCUT2D eigenvalue weighted by molar-refractivity contribution is 0.1000. The van der Waals surface area contributed by atoms with Crippen molar-refractivity contribution in [2.45, 2.75) is 13.5 Å². The molecule has 2 aromatic rings. The Balaban J connectivity index is 2.27. The molecule has 6 heteroatoms. The summed E-state index contributed by atoms with van der Waals surface area (Å²) in [6.45, 7) is 1.66. The van der Waals surface area contributed by atoms with Gasteiger partial charge < -0.3 is 11.1 Å². The van der Waals surface area contributed by atoms with Gasteiger partial charge in [0.25, 0.3) is 0 Å². The number of rotatable bonds is 4. The highest BCUT2D eigenvalue weighted by molar-refractivity contribution is 6.30. The first-order valence-electron chi connectivity index (χ1n) is 6.17. The van der Waals surface area contributed by atoms with Crippen LogP contribution < -0.4 is 11.1 Å². The minimum atomic E-state index is -0.731. The Morgan fingerprint density at radius 2 is 2.05 bits per heavy atom. The molecule has 0 bridgehead atoms. The van der Waals surface area contributed by atoms with Crippen LogP contribution in [0.25, 0.3) is 0 Å². The SMILES string of the molecule is Cc1c(F)cc(C(N)=O)cc1NCc1cccc(Cl)c1F. The maximum Gasteiger partial charge on any atom is 0.248 e. The maximum atomic E-state index is 13.8. The van der Waals surface area contributed by atoms with E-state index < -0.39 is 17.5 Å². The van der Waals surface area contributed by atoms with Crippen molar-refractivity contribution >= 4 is 23.2 Å². The van der Waals surface area contributed by atoms with E-state index in [1.807, 2.05) is 0 Å². The highest BCUT2D eigenvalue weighted by Crippen LogP contribution is 2.23. The molecule has 0 aromatic heterocycles. The summed E-state index contributed by atoms with van der Waals surface area (Å²) in [6.07, 6.45) is 0. The predicted octanol–water partition coefficient (Wildman–Crippen LogP) is 3.64. The Kier molecular flexibility index (Phi) is 4.43. The number of primary amides is 1. The number of halogens is 3. The number of amides is 1. The number of anilines is 1. The molecule has 2 aromatic carbocycles. The average molecular weight is 311 g/mol. The monoisotopic (exact) mass is 310 g/mol. The number of benzene rings is 2. The first kappa shape index (κ1) is 15.3. The summed E-state index contributed by atoms with van der Waals surface area (Å²) in [6, 6.07) is 7.14. The van der Waals surface area contributed by atoms with Crippen LogP contribution in [0.1, 0.15) is 21.5 Å². The van der Waals surface area contributed by atoms with Gasteiger partial charge in [0.05, 0.1) is 5.02 Å². The van der Waals surface area contributed by atoms with Crippen LogP contribution in [-0.2, 0) is 6.54 Å². The van der Waals surface area contributed by atoms with Crippen LogP contribution in [0.3, 0.4) is 0 Å². The second-order valence-electron chi connectivity index (χ2n) is 4.56. The van der Waals surface area contributed by atoms with Crippen LogP contribution in [-0.4, -0.2) is 5.91 Å². The molecule has 0 aliphatic rings. The molecule has 0 aliphatic heterocycles. The average Bonchev–Trinajstić information content (AvgIpc) is 2.44. The van der Waals surface area contributed by atoms with Gasteiger partial charge in [-0.15, -0.1) is 0 Å². The molecule has 0 fully saturated rings. The highest BCUT2D eigenvalue weighted by Gasteiger charge is 2.11. The van der Waals surface area contributed by atoms with Crippen LogP contribution >= 0.6 is 11.6 Å². The van der Waals surface area contributed by atoms with Crippen LogP contribution in [0, 0.1) is 18.6 Å². The molecule has 1 amide bonds. The molecule has 0 saturated carbocycles. The molecule has 0 spiro atoms. The molecule has 3 N–H and O–H groups in total. The summed E-state index contributed by atoms with van der Waals surface area (Å²) < 4.78 is 27.5. The number of carbonyl (C=O) groups excluding carboxylic acids is 1. The summed E-state index contributed by atoms with van der Waals surface area (Å²) in [4.78, 5) is 11.1. The van der Waals surface area contributed by atoms with Gasteiger partial charge in [-0.05, 0) is 25.1 Å². The fourth-order valence-electron chi connectivity index (χ4n) is 1.88. The number of hydrogen-bond donors (Lipinski definition) is 2. The molecule has 0 heterocycles. The molecule has 0 unspecified atom stereocenters. The van der Waals surface area contributed by atoms with E-state index in [0.717, 1.165) is 6.07 Å². The first-order chi connectivity index (χ1) is 9.90. The zero-order chi connectivity index (χ0) is 15.6. The van der Waals surface area contributed by atoms with Crippen LogP contribution in [0.4, 0.5) is 14.5 Å². The predicted molar refractivity (Wildman–Crippen MR) is 78.4 cm³/mol. The Hall–Kier alpha value is -2.14. The van der Waals surface area contributed by atoms with Gasteiger partial charge in [0.1, 0.15) is 11.6 Å². The second kappa shape index (κ2) is 6.10. The minimum Gasteiger partial charge on any atom is -0.381 e. The topological polar surface area (TPSA) is 55.1 Å². The third-order valence-electron chi connectivity index (χ3n) is 3.13. The number of hydrogen-bond acceptors (Lipinski definition) is 2. The van der Waals surface area contributed by atoms with Gasteiger partial charge in [-0.1, -0.05) is 23.7 Å². The first-order valence-corrected chi connectivity index (χ1v) is 6.54. The molecular weight excluding hydrogens is 298 g/mol. The Bertz CT molecular complexity index is 704. The Morgan fingerprint density at radius 3 is 2.71 bits per heavy atom. The summed E-state index contributed by atoms with van der Waals surface area (Å²) in [7, 11) is 0. The zero-order valence-electron chi connectivity index (χ0n) is 11.2. The van der Waals surface area contributed by atoms with E-state index in [9.17, 15) is 13.6 Å². The molecule has 21 heavy (non-hydrogen) atoms. The van der Waals surface area contributed by atoms with E-state index >= 15 is 0 Å². The van der Waals surface area contributed by atoms with Crippen LogP contribution in [0.5, 0.6) is 0 Å². The molecule has 0 radical (unpaired) electrons. The largest absolute Gasteiger partial charge is 0.381 e. The van der Waals surface area contributed by atoms with Gasteiger partial charge >= 0.3 is 0 Å². The Morgan fingerprint density at radius 1 is 1.33 bits per heavy atom. The molecule has 0 saturated heterocycles. The van der Waals surface area contributed by atoms with Crippen molar-refractivity contribution in [3.63, 3.8) is 0 Å². The van der Waals surface area contributed by atoms with Gasteiger partial charge in [0, 0.05) is 28.9 Å². The van der Waals surface area contributed by atoms with Crippen molar-refractivity contribution in [2.75, 3.05) is 5.32 Å². The normalized spacial score (nSPS) is 10.5. The third-order valence-corrected chi connectivity index (χ3v) is 3.42. The zero-order valence-corrected chi connectivity index (χ0v) is 12.0. The number of nitrogens with one attached hydrogen (secondary N) is 1. The summed E-state index contributed by atoms with van der Waals surface area (Å²) in [5.74, 6) is -1.82. The fraction of sp³-hybridized carbons (Fsp3) is 0.133. The van der Waals surface area contributed by atoms with E-state index in [1.54, 1.807) is 19.1 Å². The second-order valence-corrected chi connectivity index (χ2v) is 4.97. The lowest BCUT2D eigenvalue weighted by Crippen LogP contribution is -2.13. The van der Waals surface area contributed by atoms with E-state index in [1.165, 1.54) is 12.1 Å². The smallest absolute Gasteiger partial charge is 0.248 e. The van der Waals surface area contributed by atoms with Crippen LogP contribution in [0.15, 0.2) is 30.3 Å². The van der Waals surface area contributed by atoms with E-state index in [-0.39, 0.29) is 17.1 Å². The van der Waals surface area contributed by atoms with Crippen molar-refractivity contribution in [3.05, 3.63) is 63.7 Å². The molecule has 0 atom stereocenters. The van der Waals surface area contributed by atoms with Crippen molar-refractivity contribution in [1.82, 2.24) is 0 Å². The van der Waals surface area contributed by atoms with E-state index in [0.29, 0.717) is 16.8 Å². The lowest BCUT2D eigenvalue weighted by Gasteiger charge is -2.12. The highest BCUT2D eigenvalue weighted by atomic mass is 35.5. The molecule has 3 nitrogen and oxygen atoms in total. The van der Waals surface area contributed by atoms with Crippen molar-refractivity contribution < 1.29 is 13.6 Å². The number of nitrogens with two attached hydrogens (primary N) is 1. The van der Waals surface area contributed by atoms with E-state index in [4.69, 9.17) is 17.3 Å². The minimum absolute atomic E-state index is 0.0167. The lowest BCUT2D eigenvalue weighted by atomic mass is 10.1. The van der Waals surface area contributed by atoms with Crippen LogP contribution in [0.2, 0.25) is 5.02 Å². The van der Waals surface area contributed by atoms with Crippen molar-refractivity contribution in [1.29, 1.82) is 0 Å². The van der Waals surface area contributed by atoms with E-state index in [2.05, 4.69) is 5.32 Å². The van der Waals surface area contributed by atoms with Gasteiger partial charge in [-0.2, -0.15) is 0 Å². The molecule has 2 rings (SSSR count). The molecular formula is C15H13ClF2N2O. The van der Waals surface area contributed by atoms with Crippen molar-refractivity contribution in [2.24, 2.45) is 5.73 Å².